The number of ether oxygens (including phenoxy) is 2. The summed E-state index contributed by atoms with van der Waals surface area (Å²) in [5, 5.41) is 4.70. The van der Waals surface area contributed by atoms with E-state index in [2.05, 4.69) is 180 Å². The number of hydrogen-bond acceptors (Lipinski definition) is 6. The van der Waals surface area contributed by atoms with Crippen molar-refractivity contribution in [3.05, 3.63) is 231 Å². The first-order valence-corrected chi connectivity index (χ1v) is 25.4. The predicted octanol–water partition coefficient (Wildman–Crippen LogP) is 13.1. The van der Waals surface area contributed by atoms with Crippen LogP contribution in [0, 0.1) is 0 Å². The first-order chi connectivity index (χ1) is 34.7. The third-order valence-corrected chi connectivity index (χ3v) is 16.7. The fraction of sp³-hybridized carbons (Fsp3) is 0. The van der Waals surface area contributed by atoms with E-state index in [-0.39, 0.29) is 13.4 Å². The van der Waals surface area contributed by atoms with Crippen molar-refractivity contribution in [2.75, 3.05) is 9.80 Å². The number of rotatable bonds is 6. The zero-order valence-electron chi connectivity index (χ0n) is 37.6. The van der Waals surface area contributed by atoms with Gasteiger partial charge in [0.05, 0.1) is 5.69 Å². The van der Waals surface area contributed by atoms with Gasteiger partial charge in [0.15, 0.2) is 0 Å². The van der Waals surface area contributed by atoms with Gasteiger partial charge in [0, 0.05) is 53.4 Å². The average molecular weight is 929 g/mol. The van der Waals surface area contributed by atoms with Crippen molar-refractivity contribution in [3.63, 3.8) is 0 Å². The summed E-state index contributed by atoms with van der Waals surface area (Å²) in [5.41, 5.74) is 15.0. The standard InChI is InChI=1S/C62H38B2N2O2S2/c1-5-17-41(18-6-1)65-53-27-15-13-25-49(53)63-51-37-52-57(70-62-48-32-30-46(68-44-23-11-4-12-24-44)34-40(48)36-58-60(62)64(52)50-26-14-16-28-56(50)69-58)38-54(51)66(42-19-7-2-8-20-42)61-47-31-29-45(67-43-21-9-3-10-22-43)33-39(47)35-55(65)59(61)63/h1-38H. The van der Waals surface area contributed by atoms with Gasteiger partial charge < -0.3 is 19.3 Å². The Balaban J connectivity index is 0.999. The Bertz CT molecular complexity index is 3930. The van der Waals surface area contributed by atoms with Gasteiger partial charge in [0.1, 0.15) is 23.0 Å². The topological polar surface area (TPSA) is 24.9 Å². The summed E-state index contributed by atoms with van der Waals surface area (Å²) in [6.07, 6.45) is 0. The molecule has 4 aliphatic rings. The molecule has 0 aliphatic carbocycles. The first-order valence-electron chi connectivity index (χ1n) is 23.8. The zero-order chi connectivity index (χ0) is 45.9. The molecule has 0 amide bonds. The Morgan fingerprint density at radius 2 is 0.900 bits per heavy atom. The highest BCUT2D eigenvalue weighted by Crippen LogP contribution is 2.50. The number of anilines is 6. The lowest BCUT2D eigenvalue weighted by Crippen LogP contribution is -2.64. The van der Waals surface area contributed by atoms with Crippen LogP contribution < -0.4 is 52.1 Å². The lowest BCUT2D eigenvalue weighted by molar-refractivity contribution is 0.483. The molecule has 11 aromatic carbocycles. The summed E-state index contributed by atoms with van der Waals surface area (Å²) >= 11 is 3.82. The van der Waals surface area contributed by atoms with Crippen molar-refractivity contribution in [2.24, 2.45) is 0 Å². The Kier molecular flexibility index (Phi) is 8.98. The molecular formula is C62H38B2N2O2S2. The second-order valence-electron chi connectivity index (χ2n) is 18.3. The normalized spacial score (nSPS) is 13.5. The van der Waals surface area contributed by atoms with Crippen molar-refractivity contribution in [3.8, 4) is 23.0 Å². The number of hydrogen-bond donors (Lipinski definition) is 0. The summed E-state index contributed by atoms with van der Waals surface area (Å²) in [7, 11) is 0. The summed E-state index contributed by atoms with van der Waals surface area (Å²) in [4.78, 5) is 10.3. The van der Waals surface area contributed by atoms with Crippen molar-refractivity contribution < 1.29 is 9.47 Å². The van der Waals surface area contributed by atoms with Crippen LogP contribution >= 0.6 is 23.5 Å². The monoisotopic (exact) mass is 928 g/mol. The van der Waals surface area contributed by atoms with Crippen LogP contribution in [0.3, 0.4) is 0 Å². The van der Waals surface area contributed by atoms with Crippen molar-refractivity contribution in [2.45, 2.75) is 19.6 Å². The van der Waals surface area contributed by atoms with E-state index < -0.39 is 0 Å². The molecule has 0 saturated carbocycles. The van der Waals surface area contributed by atoms with Crippen LogP contribution in [0.5, 0.6) is 23.0 Å². The third-order valence-electron chi connectivity index (χ3n) is 14.4. The summed E-state index contributed by atoms with van der Waals surface area (Å²) in [5.74, 6) is 3.27. The number of fused-ring (bicyclic) bond motifs is 12. The van der Waals surface area contributed by atoms with Gasteiger partial charge >= 0.3 is 0 Å². The molecule has 326 valence electrons. The van der Waals surface area contributed by atoms with Crippen LogP contribution in [-0.4, -0.2) is 13.4 Å². The van der Waals surface area contributed by atoms with Crippen LogP contribution in [0.2, 0.25) is 0 Å². The highest BCUT2D eigenvalue weighted by Gasteiger charge is 2.47. The zero-order valence-corrected chi connectivity index (χ0v) is 39.3. The van der Waals surface area contributed by atoms with Gasteiger partial charge in [0.2, 0.25) is 6.71 Å². The molecule has 70 heavy (non-hydrogen) atoms. The highest BCUT2D eigenvalue weighted by atomic mass is 32.2. The minimum atomic E-state index is -0.0511. The summed E-state index contributed by atoms with van der Waals surface area (Å²) in [6, 6.07) is 83.3. The molecule has 0 bridgehead atoms. The van der Waals surface area contributed by atoms with Crippen molar-refractivity contribution >= 4 is 125 Å². The SMILES string of the molecule is c1ccc(Oc2ccc3c4c5c(cc3c2)Sc2ccccc2B5c2cc3c(cc2S4)N(c2ccccc2)c2c4c(cc5cc(Oc6ccccc6)ccc25)N(c2ccccc2)c2ccccc2B34)cc1. The molecule has 11 aromatic rings. The molecule has 15 rings (SSSR count). The second-order valence-corrected chi connectivity index (χ2v) is 20.5. The Morgan fingerprint density at radius 3 is 1.60 bits per heavy atom. The largest absolute Gasteiger partial charge is 0.457 e. The third kappa shape index (κ3) is 6.16. The van der Waals surface area contributed by atoms with Gasteiger partial charge in [-0.15, -0.1) is 0 Å². The number of para-hydroxylation sites is 5. The van der Waals surface area contributed by atoms with E-state index in [0.717, 1.165) is 39.8 Å². The quantitative estimate of drug-likeness (QED) is 0.154. The summed E-state index contributed by atoms with van der Waals surface area (Å²) < 4.78 is 13.0. The maximum absolute atomic E-state index is 6.55. The maximum Gasteiger partial charge on any atom is 0.252 e. The first kappa shape index (κ1) is 39.9. The van der Waals surface area contributed by atoms with Gasteiger partial charge in [-0.3, -0.25) is 0 Å². The number of nitrogens with zero attached hydrogens (tertiary/aromatic N) is 2. The van der Waals surface area contributed by atoms with E-state index in [1.54, 1.807) is 0 Å². The van der Waals surface area contributed by atoms with Crippen molar-refractivity contribution in [1.29, 1.82) is 0 Å². The molecule has 0 unspecified atom stereocenters. The van der Waals surface area contributed by atoms with Gasteiger partial charge in [-0.25, -0.2) is 0 Å². The minimum Gasteiger partial charge on any atom is -0.457 e. The van der Waals surface area contributed by atoms with Crippen LogP contribution in [-0.2, 0) is 0 Å². The van der Waals surface area contributed by atoms with Crippen LogP contribution in [0.1, 0.15) is 0 Å². The molecule has 0 radical (unpaired) electrons. The van der Waals surface area contributed by atoms with Gasteiger partial charge in [-0.2, -0.15) is 0 Å². The summed E-state index contributed by atoms with van der Waals surface area (Å²) in [6.45, 7) is 0.00349. The molecule has 0 N–H and O–H groups in total. The van der Waals surface area contributed by atoms with E-state index in [1.807, 2.05) is 84.2 Å². The average Bonchev–Trinajstić information content (AvgIpc) is 3.41. The lowest BCUT2D eigenvalue weighted by Gasteiger charge is -2.45. The Labute approximate surface area is 415 Å². The van der Waals surface area contributed by atoms with Crippen LogP contribution in [0.15, 0.2) is 250 Å². The predicted molar refractivity (Wildman–Crippen MR) is 294 cm³/mol. The van der Waals surface area contributed by atoms with E-state index in [0.29, 0.717) is 0 Å². The fourth-order valence-corrected chi connectivity index (χ4v) is 14.1. The lowest BCUT2D eigenvalue weighted by atomic mass is 9.31. The minimum absolute atomic E-state index is 0.0511. The van der Waals surface area contributed by atoms with Gasteiger partial charge in [0.25, 0.3) is 6.71 Å². The van der Waals surface area contributed by atoms with Crippen LogP contribution in [0.4, 0.5) is 34.1 Å². The molecule has 0 atom stereocenters. The molecule has 0 spiro atoms. The molecule has 0 fully saturated rings. The van der Waals surface area contributed by atoms with Gasteiger partial charge in [-0.05, 0) is 153 Å². The van der Waals surface area contributed by atoms with E-state index in [4.69, 9.17) is 9.47 Å². The molecule has 4 nitrogen and oxygen atoms in total. The maximum atomic E-state index is 6.55. The molecule has 8 heteroatoms. The molecule has 0 aromatic heterocycles. The molecule has 4 aliphatic heterocycles. The Morgan fingerprint density at radius 1 is 0.329 bits per heavy atom. The highest BCUT2D eigenvalue weighted by molar-refractivity contribution is 8.01. The molecular weight excluding hydrogens is 890 g/mol. The van der Waals surface area contributed by atoms with Crippen LogP contribution in [0.25, 0.3) is 21.5 Å². The molecule has 4 heterocycles. The number of benzene rings is 11. The van der Waals surface area contributed by atoms with E-state index >= 15 is 0 Å². The molecule has 0 saturated heterocycles. The smallest absolute Gasteiger partial charge is 0.252 e. The van der Waals surface area contributed by atoms with Gasteiger partial charge in [-0.1, -0.05) is 150 Å². The van der Waals surface area contributed by atoms with E-state index in [1.165, 1.54) is 91.3 Å². The van der Waals surface area contributed by atoms with Crippen molar-refractivity contribution in [1.82, 2.24) is 0 Å². The Hall–Kier alpha value is -8.03. The fourth-order valence-electron chi connectivity index (χ4n) is 11.5. The second kappa shape index (κ2) is 15.8. The van der Waals surface area contributed by atoms with E-state index in [9.17, 15) is 0 Å².